The van der Waals surface area contributed by atoms with Crippen molar-refractivity contribution in [3.8, 4) is 33.9 Å². The molecule has 4 amide bonds. The quantitative estimate of drug-likeness (QED) is 0.0190. The van der Waals surface area contributed by atoms with Gasteiger partial charge in [0.2, 0.25) is 33.7 Å². The molecule has 1 atom stereocenters. The van der Waals surface area contributed by atoms with Crippen LogP contribution in [-0.2, 0) is 62.8 Å². The predicted octanol–water partition coefficient (Wildman–Crippen LogP) is 8.75. The van der Waals surface area contributed by atoms with Gasteiger partial charge in [-0.25, -0.2) is 22.9 Å². The second kappa shape index (κ2) is 30.0. The van der Waals surface area contributed by atoms with E-state index >= 15 is 0 Å². The monoisotopic (exact) mass is 1290 g/mol. The summed E-state index contributed by atoms with van der Waals surface area (Å²) in [7, 11) is -3.86. The molecule has 0 aliphatic carbocycles. The first-order valence-electron chi connectivity index (χ1n) is 26.3. The molecule has 0 bridgehead atoms. The summed E-state index contributed by atoms with van der Waals surface area (Å²) in [6, 6.07) is 47.4. The van der Waals surface area contributed by atoms with Gasteiger partial charge in [0, 0.05) is 74.3 Å². The highest BCUT2D eigenvalue weighted by molar-refractivity contribution is 9.10. The van der Waals surface area contributed by atoms with Gasteiger partial charge in [0.25, 0.3) is 0 Å². The van der Waals surface area contributed by atoms with Gasteiger partial charge < -0.3 is 40.0 Å². The molecule has 0 radical (unpaired) electrons. The number of rotatable bonds is 29. The highest BCUT2D eigenvalue weighted by Crippen LogP contribution is 2.30. The fourth-order valence-electron chi connectivity index (χ4n) is 8.66. The number of sulfonamides is 1. The molecule has 1 unspecified atom stereocenters. The van der Waals surface area contributed by atoms with Gasteiger partial charge in [-0.15, -0.1) is 0 Å². The van der Waals surface area contributed by atoms with Crippen LogP contribution in [0.3, 0.4) is 0 Å². The number of carbonyl (C=O) groups excluding carboxylic acids is 4. The van der Waals surface area contributed by atoms with E-state index in [-0.39, 0.29) is 43.1 Å². The van der Waals surface area contributed by atoms with Crippen molar-refractivity contribution in [2.45, 2.75) is 49.8 Å². The Morgan fingerprint density at radius 2 is 0.892 bits per heavy atom. The third-order valence-electron chi connectivity index (χ3n) is 12.7. The van der Waals surface area contributed by atoms with Crippen LogP contribution in [0.1, 0.15) is 54.6 Å². The van der Waals surface area contributed by atoms with E-state index in [9.17, 15) is 36.4 Å². The number of nitrogens with two attached hydrogens (primary N) is 1. The van der Waals surface area contributed by atoms with Crippen LogP contribution in [0.2, 0.25) is 0 Å². The first kappa shape index (κ1) is 61.4. The second-order valence-corrected chi connectivity index (χ2v) is 23.2. The molecule has 0 spiro atoms. The van der Waals surface area contributed by atoms with Gasteiger partial charge >= 0.3 is 0 Å². The van der Waals surface area contributed by atoms with Crippen LogP contribution in [0.15, 0.2) is 172 Å². The maximum atomic E-state index is 12.6. The Hall–Kier alpha value is -7.68. The molecule has 0 fully saturated rings. The molecule has 0 saturated carbocycles. The van der Waals surface area contributed by atoms with Gasteiger partial charge in [0.15, 0.2) is 0 Å². The molecule has 2 heterocycles. The minimum atomic E-state index is -3.86. The zero-order valence-electron chi connectivity index (χ0n) is 44.7. The van der Waals surface area contributed by atoms with Crippen molar-refractivity contribution < 1.29 is 45.8 Å². The molecular weight excluding hydrogens is 1230 g/mol. The molecule has 8 rings (SSSR count). The molecule has 0 saturated heterocycles. The van der Waals surface area contributed by atoms with Crippen LogP contribution in [0.25, 0.3) is 33.9 Å². The third-order valence-corrected chi connectivity index (χ3v) is 15.1. The Morgan fingerprint density at radius 3 is 1.29 bits per heavy atom. The number of benzene rings is 6. The summed E-state index contributed by atoms with van der Waals surface area (Å²) in [6.45, 7) is -0.186. The number of unbranched alkanes of at least 4 members (excludes halogenated alkanes) is 4. The topological polar surface area (TPSA) is 283 Å². The van der Waals surface area contributed by atoms with Crippen LogP contribution in [0.5, 0.6) is 0 Å². The Labute approximate surface area is 499 Å². The number of amides is 4. The summed E-state index contributed by atoms with van der Waals surface area (Å²) in [4.78, 5) is 49.8. The summed E-state index contributed by atoms with van der Waals surface area (Å²) in [5, 5.41) is 26.2. The number of hydrogen-bond acceptors (Lipinski definition) is 12. The van der Waals surface area contributed by atoms with Gasteiger partial charge in [-0.05, 0) is 133 Å². The summed E-state index contributed by atoms with van der Waals surface area (Å²) >= 11 is 4.53. The fourth-order valence-corrected chi connectivity index (χ4v) is 10.0. The smallest absolute Gasteiger partial charge is 0.250 e. The van der Waals surface area contributed by atoms with E-state index in [1.165, 1.54) is 12.1 Å². The Morgan fingerprint density at radius 1 is 0.518 bits per heavy atom. The number of nitrogens with one attached hydrogen (secondary N) is 5. The fraction of sp³-hybridized carbons (Fsp3) is 0.220. The predicted molar refractivity (Wildman–Crippen MR) is 324 cm³/mol. The summed E-state index contributed by atoms with van der Waals surface area (Å²) in [6.07, 6.45) is 5.17. The second-order valence-electron chi connectivity index (χ2n) is 19.1. The molecule has 8 aromatic rings. The number of halogens is 2. The summed E-state index contributed by atoms with van der Waals surface area (Å²) < 4.78 is 64.4. The van der Waals surface area contributed by atoms with Gasteiger partial charge in [-0.1, -0.05) is 99.7 Å². The van der Waals surface area contributed by atoms with E-state index in [4.69, 9.17) is 24.8 Å². The first-order valence-corrected chi connectivity index (χ1v) is 30.5. The molecular formula is C59H59Br2N10O10S2-. The average molecular weight is 1290 g/mol. The number of hydrogen-bond donors (Lipinski definition) is 6. The summed E-state index contributed by atoms with van der Waals surface area (Å²) in [5.74, 6) is -1.45. The number of ether oxygens (including phenoxy) is 2. The highest BCUT2D eigenvalue weighted by atomic mass is 79.9. The Bertz CT molecular complexity index is 3620. The van der Waals surface area contributed by atoms with Crippen molar-refractivity contribution in [1.29, 1.82) is 0 Å². The lowest BCUT2D eigenvalue weighted by atomic mass is 10.1. The number of primary sulfonamides is 1. The zero-order chi connectivity index (χ0) is 58.7. The van der Waals surface area contributed by atoms with E-state index in [0.29, 0.717) is 48.7 Å². The standard InChI is InChI=1S/C59H60Br2N10O10S2/c60-44-14-10-42(11-15-44)54-34-49(67-70(54)51-24-22-48(23-25-51)69-82(76)77)32-40-6-18-46(19-7-40)65-58(74)38-80-36-56(72)63-30-4-2-1-3-5-31-64-57(73)37-81-39-59(75)66-47-20-8-41(9-21-47)33-50-35-55(43-12-16-45(61)17-13-43)71(68-50)52-26-28-53(29-27-52)83(62,78)79/h6-29,34-35,69H,1-5,30-33,36-39H2,(H,63,72)(H,64,73)(H,65,74)(H,66,75)(H,76,77)(H2,62,78,79)/p-1. The van der Waals surface area contributed by atoms with Crippen molar-refractivity contribution in [3.63, 3.8) is 0 Å². The summed E-state index contributed by atoms with van der Waals surface area (Å²) in [5.41, 5.74) is 9.95. The number of nitrogens with zero attached hydrogens (tertiary/aromatic N) is 4. The van der Waals surface area contributed by atoms with Crippen LogP contribution >= 0.6 is 31.9 Å². The largest absolute Gasteiger partial charge is 0.755 e. The molecule has 20 nitrogen and oxygen atoms in total. The van der Waals surface area contributed by atoms with Gasteiger partial charge in [-0.2, -0.15) is 10.2 Å². The van der Waals surface area contributed by atoms with Crippen molar-refractivity contribution in [3.05, 3.63) is 189 Å². The SMILES string of the molecule is NS(=O)(=O)c1ccc(-n2nc(Cc3ccc(NC(=O)COCC(=O)NCCCCCCCNC(=O)COCC(=O)Nc4ccc(Cc5cc(-c6ccc(Br)cc6)n(-c6ccc(NS(=O)[O-])cc6)n5)cc4)cc3)cc2-c2ccc(Br)cc2)cc1. The van der Waals surface area contributed by atoms with Gasteiger partial charge in [-0.3, -0.25) is 23.4 Å². The van der Waals surface area contributed by atoms with Crippen LogP contribution in [-0.4, -0.2) is 99.9 Å². The van der Waals surface area contributed by atoms with E-state index in [1.54, 1.807) is 65.3 Å². The van der Waals surface area contributed by atoms with E-state index in [2.05, 4.69) is 57.8 Å². The van der Waals surface area contributed by atoms with E-state index in [1.807, 2.05) is 89.6 Å². The highest BCUT2D eigenvalue weighted by Gasteiger charge is 2.17. The molecule has 83 heavy (non-hydrogen) atoms. The van der Waals surface area contributed by atoms with Crippen molar-refractivity contribution in [1.82, 2.24) is 30.2 Å². The molecule has 0 aliphatic rings. The third kappa shape index (κ3) is 19.2. The zero-order valence-corrected chi connectivity index (χ0v) is 49.5. The van der Waals surface area contributed by atoms with Crippen LogP contribution in [0.4, 0.5) is 17.1 Å². The number of aromatic nitrogens is 4. The molecule has 24 heteroatoms. The van der Waals surface area contributed by atoms with Gasteiger partial charge in [0.1, 0.15) is 26.4 Å². The van der Waals surface area contributed by atoms with E-state index < -0.39 is 33.1 Å². The molecule has 7 N–H and O–H groups in total. The van der Waals surface area contributed by atoms with Crippen LogP contribution in [0, 0.1) is 0 Å². The molecule has 0 aliphatic heterocycles. The van der Waals surface area contributed by atoms with Crippen molar-refractivity contribution in [2.24, 2.45) is 5.14 Å². The maximum Gasteiger partial charge on any atom is 0.250 e. The molecule has 432 valence electrons. The maximum absolute atomic E-state index is 12.6. The minimum Gasteiger partial charge on any atom is -0.755 e. The average Bonchev–Trinajstić information content (AvgIpc) is 4.30. The molecule has 6 aromatic carbocycles. The normalized spacial score (nSPS) is 11.7. The van der Waals surface area contributed by atoms with Crippen LogP contribution < -0.4 is 31.1 Å². The first-order chi connectivity index (χ1) is 40.0. The lowest BCUT2D eigenvalue weighted by Crippen LogP contribution is -2.30. The van der Waals surface area contributed by atoms with E-state index in [0.717, 1.165) is 91.8 Å². The van der Waals surface area contributed by atoms with Gasteiger partial charge in [0.05, 0.1) is 39.0 Å². The van der Waals surface area contributed by atoms with Crippen molar-refractivity contribution >= 4 is 93.8 Å². The Kier molecular flexibility index (Phi) is 22.2. The Balaban J connectivity index is 0.649. The minimum absolute atomic E-state index is 0.00159. The lowest BCUT2D eigenvalue weighted by molar-refractivity contribution is -0.130. The molecule has 2 aromatic heterocycles. The number of anilines is 3. The van der Waals surface area contributed by atoms with Crippen molar-refractivity contribution in [2.75, 3.05) is 54.9 Å². The lowest BCUT2D eigenvalue weighted by Gasteiger charge is -2.11. The number of carbonyl (C=O) groups is 4.